The van der Waals surface area contributed by atoms with Crippen molar-refractivity contribution in [2.75, 3.05) is 10.2 Å². The van der Waals surface area contributed by atoms with Crippen molar-refractivity contribution in [3.8, 4) is 0 Å². The van der Waals surface area contributed by atoms with Gasteiger partial charge in [0.15, 0.2) is 0 Å². The molecule has 0 saturated carbocycles. The van der Waals surface area contributed by atoms with E-state index in [0.717, 1.165) is 4.90 Å². The van der Waals surface area contributed by atoms with Gasteiger partial charge in [-0.25, -0.2) is 13.7 Å². The molecule has 0 unspecified atom stereocenters. The van der Waals surface area contributed by atoms with E-state index in [4.69, 9.17) is 0 Å². The van der Waals surface area contributed by atoms with Crippen LogP contribution in [0.4, 0.5) is 20.2 Å². The zero-order chi connectivity index (χ0) is 15.7. The van der Waals surface area contributed by atoms with Crippen molar-refractivity contribution in [1.82, 2.24) is 0 Å². The summed E-state index contributed by atoms with van der Waals surface area (Å²) in [5.41, 5.74) is 0.743. The van der Waals surface area contributed by atoms with Gasteiger partial charge in [0.05, 0.1) is 12.1 Å². The smallest absolute Gasteiger partial charge is 0.256 e. The van der Waals surface area contributed by atoms with Gasteiger partial charge in [-0.3, -0.25) is 9.59 Å². The number of amides is 2. The van der Waals surface area contributed by atoms with E-state index in [9.17, 15) is 18.4 Å². The summed E-state index contributed by atoms with van der Waals surface area (Å²) < 4.78 is 26.1. The molecular formula is C16H12F2N2O2. The Kier molecular flexibility index (Phi) is 3.58. The molecule has 0 spiro atoms. The minimum absolute atomic E-state index is 0.0350. The van der Waals surface area contributed by atoms with Crippen LogP contribution in [0.3, 0.4) is 0 Å². The number of rotatable bonds is 3. The largest absolute Gasteiger partial charge is 0.373 e. The topological polar surface area (TPSA) is 49.4 Å². The van der Waals surface area contributed by atoms with Crippen molar-refractivity contribution in [2.24, 2.45) is 0 Å². The first-order valence-electron chi connectivity index (χ1n) is 6.69. The fourth-order valence-corrected chi connectivity index (χ4v) is 2.39. The summed E-state index contributed by atoms with van der Waals surface area (Å²) in [5, 5.41) is 2.85. The molecule has 1 heterocycles. The van der Waals surface area contributed by atoms with Crippen LogP contribution >= 0.6 is 0 Å². The Labute approximate surface area is 125 Å². The molecule has 0 aliphatic carbocycles. The molecule has 2 amide bonds. The number of carbonyl (C=O) groups excluding carboxylic acids is 2. The van der Waals surface area contributed by atoms with Gasteiger partial charge < -0.3 is 5.32 Å². The molecular weight excluding hydrogens is 290 g/mol. The summed E-state index contributed by atoms with van der Waals surface area (Å²) in [6.07, 6.45) is -0.0350. The van der Waals surface area contributed by atoms with Crippen molar-refractivity contribution >= 4 is 23.2 Å². The van der Waals surface area contributed by atoms with Gasteiger partial charge in [0.25, 0.3) is 5.91 Å². The lowest BCUT2D eigenvalue weighted by Crippen LogP contribution is -2.34. The summed E-state index contributed by atoms with van der Waals surface area (Å²) in [7, 11) is 0. The molecule has 0 radical (unpaired) electrons. The Morgan fingerprint density at radius 3 is 2.41 bits per heavy atom. The van der Waals surface area contributed by atoms with E-state index in [1.807, 2.05) is 0 Å². The van der Waals surface area contributed by atoms with E-state index < -0.39 is 23.6 Å². The minimum atomic E-state index is -0.764. The van der Waals surface area contributed by atoms with Gasteiger partial charge in [-0.15, -0.1) is 0 Å². The van der Waals surface area contributed by atoms with E-state index in [2.05, 4.69) is 5.32 Å². The van der Waals surface area contributed by atoms with E-state index in [0.29, 0.717) is 11.4 Å². The van der Waals surface area contributed by atoms with Gasteiger partial charge >= 0.3 is 0 Å². The second-order valence-corrected chi connectivity index (χ2v) is 4.96. The van der Waals surface area contributed by atoms with Gasteiger partial charge in [0.1, 0.15) is 17.7 Å². The van der Waals surface area contributed by atoms with Crippen LogP contribution in [0, 0.1) is 11.6 Å². The third-order valence-corrected chi connectivity index (χ3v) is 3.40. The second-order valence-electron chi connectivity index (χ2n) is 4.96. The Morgan fingerprint density at radius 1 is 1.00 bits per heavy atom. The maximum Gasteiger partial charge on any atom is 0.256 e. The zero-order valence-electron chi connectivity index (χ0n) is 11.4. The highest BCUT2D eigenvalue weighted by Gasteiger charge is 2.39. The Balaban J connectivity index is 1.81. The van der Waals surface area contributed by atoms with Crippen molar-refractivity contribution in [3.05, 3.63) is 60.2 Å². The standard InChI is InChI=1S/C16H12F2N2O2/c17-10-4-6-13(7-5-10)20-15(21)9-14(16(20)22)19-12-3-1-2-11(18)8-12/h1-8,14,19H,9H2/t14-/m0/s1. The number of carbonyl (C=O) groups is 2. The number of halogens is 2. The number of imide groups is 1. The average molecular weight is 302 g/mol. The van der Waals surface area contributed by atoms with Gasteiger partial charge in [-0.2, -0.15) is 0 Å². The fraction of sp³-hybridized carbons (Fsp3) is 0.125. The lowest BCUT2D eigenvalue weighted by Gasteiger charge is -2.16. The maximum absolute atomic E-state index is 13.2. The average Bonchev–Trinajstić information content (AvgIpc) is 2.75. The van der Waals surface area contributed by atoms with E-state index in [1.165, 1.54) is 42.5 Å². The van der Waals surface area contributed by atoms with Crippen LogP contribution in [0.15, 0.2) is 48.5 Å². The number of hydrogen-bond acceptors (Lipinski definition) is 3. The predicted octanol–water partition coefficient (Wildman–Crippen LogP) is 2.71. The second kappa shape index (κ2) is 5.55. The van der Waals surface area contributed by atoms with Crippen molar-refractivity contribution in [2.45, 2.75) is 12.5 Å². The minimum Gasteiger partial charge on any atom is -0.373 e. The van der Waals surface area contributed by atoms with Crippen LogP contribution in [0.2, 0.25) is 0 Å². The highest BCUT2D eigenvalue weighted by molar-refractivity contribution is 6.23. The molecule has 1 fully saturated rings. The van der Waals surface area contributed by atoms with Crippen LogP contribution in [0.1, 0.15) is 6.42 Å². The summed E-state index contributed by atoms with van der Waals surface area (Å²) in [6, 6.07) is 10.0. The van der Waals surface area contributed by atoms with Gasteiger partial charge in [0, 0.05) is 5.69 Å². The van der Waals surface area contributed by atoms with E-state index >= 15 is 0 Å². The SMILES string of the molecule is O=C1C[C@H](Nc2cccc(F)c2)C(=O)N1c1ccc(F)cc1. The summed E-state index contributed by atoms with van der Waals surface area (Å²) in [6.45, 7) is 0. The first kappa shape index (κ1) is 14.2. The molecule has 1 N–H and O–H groups in total. The highest BCUT2D eigenvalue weighted by Crippen LogP contribution is 2.25. The van der Waals surface area contributed by atoms with Crippen LogP contribution < -0.4 is 10.2 Å². The third kappa shape index (κ3) is 2.67. The zero-order valence-corrected chi connectivity index (χ0v) is 11.4. The highest BCUT2D eigenvalue weighted by atomic mass is 19.1. The number of nitrogens with zero attached hydrogens (tertiary/aromatic N) is 1. The molecule has 2 aromatic rings. The number of hydrogen-bond donors (Lipinski definition) is 1. The molecule has 1 aliphatic heterocycles. The van der Waals surface area contributed by atoms with Gasteiger partial charge in [-0.05, 0) is 42.5 Å². The molecule has 22 heavy (non-hydrogen) atoms. The van der Waals surface area contributed by atoms with Crippen LogP contribution in [-0.2, 0) is 9.59 Å². The molecule has 112 valence electrons. The summed E-state index contributed by atoms with van der Waals surface area (Å²) in [4.78, 5) is 25.4. The van der Waals surface area contributed by atoms with Crippen LogP contribution in [-0.4, -0.2) is 17.9 Å². The van der Waals surface area contributed by atoms with Crippen molar-refractivity contribution in [1.29, 1.82) is 0 Å². The first-order valence-corrected chi connectivity index (χ1v) is 6.69. The normalized spacial score (nSPS) is 17.9. The molecule has 1 saturated heterocycles. The molecule has 2 aromatic carbocycles. The predicted molar refractivity (Wildman–Crippen MR) is 77.3 cm³/mol. The van der Waals surface area contributed by atoms with E-state index in [1.54, 1.807) is 6.07 Å². The molecule has 1 aliphatic rings. The lowest BCUT2D eigenvalue weighted by atomic mass is 10.2. The molecule has 1 atom stereocenters. The maximum atomic E-state index is 13.2. The van der Waals surface area contributed by atoms with Crippen molar-refractivity contribution < 1.29 is 18.4 Å². The Morgan fingerprint density at radius 2 is 1.73 bits per heavy atom. The van der Waals surface area contributed by atoms with Gasteiger partial charge in [-0.1, -0.05) is 6.07 Å². The third-order valence-electron chi connectivity index (χ3n) is 3.40. The quantitative estimate of drug-likeness (QED) is 0.887. The number of nitrogens with one attached hydrogen (secondary N) is 1. The number of anilines is 2. The Hall–Kier alpha value is -2.76. The lowest BCUT2D eigenvalue weighted by molar-refractivity contribution is -0.121. The fourth-order valence-electron chi connectivity index (χ4n) is 2.39. The first-order chi connectivity index (χ1) is 10.5. The molecule has 0 bridgehead atoms. The summed E-state index contributed by atoms with van der Waals surface area (Å²) in [5.74, 6) is -1.71. The summed E-state index contributed by atoms with van der Waals surface area (Å²) >= 11 is 0. The van der Waals surface area contributed by atoms with Crippen molar-refractivity contribution in [3.63, 3.8) is 0 Å². The Bertz CT molecular complexity index is 731. The number of benzene rings is 2. The van der Waals surface area contributed by atoms with Crippen LogP contribution in [0.25, 0.3) is 0 Å². The molecule has 6 heteroatoms. The monoisotopic (exact) mass is 302 g/mol. The van der Waals surface area contributed by atoms with Crippen LogP contribution in [0.5, 0.6) is 0 Å². The molecule has 3 rings (SSSR count). The van der Waals surface area contributed by atoms with Gasteiger partial charge in [0.2, 0.25) is 5.91 Å². The molecule has 4 nitrogen and oxygen atoms in total. The molecule has 0 aromatic heterocycles. The van der Waals surface area contributed by atoms with E-state index in [-0.39, 0.29) is 12.3 Å².